The summed E-state index contributed by atoms with van der Waals surface area (Å²) >= 11 is 0. The molecule has 5 aliphatic rings. The van der Waals surface area contributed by atoms with Crippen molar-refractivity contribution in [1.82, 2.24) is 0 Å². The number of carbonyl (C=O) groups excluding carboxylic acids is 4. The minimum Gasteiger partial charge on any atom is -0.504 e. The summed E-state index contributed by atoms with van der Waals surface area (Å²) in [7, 11) is 0. The van der Waals surface area contributed by atoms with Crippen LogP contribution in [-0.2, 0) is 18.9 Å². The molecular weight excluding hydrogens is 1030 g/mol. The summed E-state index contributed by atoms with van der Waals surface area (Å²) in [5.41, 5.74) is -6.50. The van der Waals surface area contributed by atoms with Crippen LogP contribution in [0.15, 0.2) is 60.2 Å². The van der Waals surface area contributed by atoms with Crippen molar-refractivity contribution >= 4 is 23.9 Å². The zero-order valence-electron chi connectivity index (χ0n) is 44.5. The zero-order chi connectivity index (χ0) is 58.0. The first-order valence-electron chi connectivity index (χ1n) is 25.9. The summed E-state index contributed by atoms with van der Waals surface area (Å²) in [6.07, 6.45) is -0.805. The maximum Gasteiger partial charge on any atom is 0.338 e. The van der Waals surface area contributed by atoms with Crippen molar-refractivity contribution in [3.05, 3.63) is 82.4 Å². The van der Waals surface area contributed by atoms with Crippen LogP contribution in [0.3, 0.4) is 0 Å². The molecular formula is C58H66O21. The molecule has 21 nitrogen and oxygen atoms in total. The van der Waals surface area contributed by atoms with Crippen LogP contribution in [0.25, 0.3) is 0 Å². The lowest BCUT2D eigenvalue weighted by molar-refractivity contribution is -0.256. The van der Waals surface area contributed by atoms with Gasteiger partial charge >= 0.3 is 23.9 Å². The van der Waals surface area contributed by atoms with Gasteiger partial charge in [-0.3, -0.25) is 0 Å². The number of phenols is 12. The number of rotatable bonds is 9. The second-order valence-corrected chi connectivity index (χ2v) is 24.3. The number of allylic oxidation sites excluding steroid dienone is 2. The van der Waals surface area contributed by atoms with E-state index in [1.807, 2.05) is 0 Å². The van der Waals surface area contributed by atoms with Gasteiger partial charge in [-0.15, -0.1) is 0 Å². The van der Waals surface area contributed by atoms with Gasteiger partial charge in [-0.2, -0.15) is 0 Å². The Labute approximate surface area is 453 Å². The molecule has 4 fully saturated rings. The number of benzene rings is 4. The van der Waals surface area contributed by atoms with Crippen molar-refractivity contribution in [1.29, 1.82) is 0 Å². The normalized spacial score (nSPS) is 31.1. The quantitative estimate of drug-likeness (QED) is 0.0327. The van der Waals surface area contributed by atoms with E-state index in [1.165, 1.54) is 0 Å². The highest BCUT2D eigenvalue weighted by molar-refractivity contribution is 5.93. The number of aromatic hydroxyl groups is 12. The molecule has 0 aliphatic heterocycles. The Morgan fingerprint density at radius 2 is 0.911 bits per heavy atom. The van der Waals surface area contributed by atoms with Crippen molar-refractivity contribution in [3.8, 4) is 69.0 Å². The van der Waals surface area contributed by atoms with Crippen molar-refractivity contribution < 1.29 is 105 Å². The highest BCUT2D eigenvalue weighted by Crippen LogP contribution is 2.76. The molecule has 0 saturated heterocycles. The van der Waals surface area contributed by atoms with Gasteiger partial charge in [-0.1, -0.05) is 60.1 Å². The average molecular weight is 1100 g/mol. The van der Waals surface area contributed by atoms with Gasteiger partial charge in [0.05, 0.1) is 33.8 Å². The Balaban J connectivity index is 1.15. The highest BCUT2D eigenvalue weighted by atomic mass is 16.6. The monoisotopic (exact) mass is 1100 g/mol. The number of aliphatic hydroxyl groups excluding tert-OH is 1. The topological polar surface area (TPSA) is 368 Å². The number of hydrogen-bond acceptors (Lipinski definition) is 21. The molecule has 0 bridgehead atoms. The molecule has 4 aromatic carbocycles. The summed E-state index contributed by atoms with van der Waals surface area (Å²) in [6.45, 7) is 13.2. The number of ether oxygens (including phenoxy) is 4. The third-order valence-corrected chi connectivity index (χ3v) is 19.4. The molecule has 11 atom stereocenters. The molecule has 0 heterocycles. The lowest BCUT2D eigenvalue weighted by Gasteiger charge is -2.72. The van der Waals surface area contributed by atoms with Crippen LogP contribution < -0.4 is 0 Å². The molecule has 4 saturated carbocycles. The Morgan fingerprint density at radius 1 is 0.506 bits per heavy atom. The molecule has 0 radical (unpaired) electrons. The smallest absolute Gasteiger partial charge is 0.338 e. The Bertz CT molecular complexity index is 3140. The largest absolute Gasteiger partial charge is 0.504 e. The minimum absolute atomic E-state index is 0.0281. The molecule has 13 N–H and O–H groups in total. The van der Waals surface area contributed by atoms with Gasteiger partial charge in [0.15, 0.2) is 75.1 Å². The molecule has 3 unspecified atom stereocenters. The number of fused-ring (bicyclic) bond motifs is 7. The van der Waals surface area contributed by atoms with Crippen LogP contribution in [-0.4, -0.2) is 121 Å². The number of esters is 4. The number of carbonyl (C=O) groups is 4. The van der Waals surface area contributed by atoms with E-state index in [2.05, 4.69) is 40.7 Å². The summed E-state index contributed by atoms with van der Waals surface area (Å²) in [6, 6.07) is 7.01. The molecule has 9 rings (SSSR count). The molecule has 5 aliphatic carbocycles. The number of hydrogen-bond donors (Lipinski definition) is 13. The second-order valence-electron chi connectivity index (χ2n) is 24.3. The van der Waals surface area contributed by atoms with Gasteiger partial charge in [-0.25, -0.2) is 19.2 Å². The minimum atomic E-state index is -1.99. The van der Waals surface area contributed by atoms with Crippen molar-refractivity contribution in [3.63, 3.8) is 0 Å². The molecule has 0 aromatic heterocycles. The fraction of sp³-hybridized carbons (Fsp3) is 0.483. The maximum atomic E-state index is 14.7. The molecule has 4 aromatic rings. The first kappa shape index (κ1) is 55.8. The molecule has 424 valence electrons. The Hall–Kier alpha value is -7.94. The van der Waals surface area contributed by atoms with Crippen LogP contribution >= 0.6 is 0 Å². The van der Waals surface area contributed by atoms with E-state index in [4.69, 9.17) is 18.9 Å². The lowest BCUT2D eigenvalue weighted by Crippen LogP contribution is -2.72. The fourth-order valence-corrected chi connectivity index (χ4v) is 15.1. The van der Waals surface area contributed by atoms with Gasteiger partial charge < -0.3 is 85.3 Å². The maximum absolute atomic E-state index is 14.7. The van der Waals surface area contributed by atoms with Gasteiger partial charge in [-0.05, 0) is 127 Å². The number of phenolic OH excluding ortho intramolecular Hbond substituents is 12. The van der Waals surface area contributed by atoms with Crippen LogP contribution in [0.5, 0.6) is 69.0 Å². The number of aliphatic hydroxyl groups is 1. The van der Waals surface area contributed by atoms with Crippen LogP contribution in [0, 0.1) is 50.2 Å². The van der Waals surface area contributed by atoms with E-state index in [-0.39, 0.29) is 30.2 Å². The molecule has 0 amide bonds. The first-order chi connectivity index (χ1) is 36.7. The predicted molar refractivity (Wildman–Crippen MR) is 275 cm³/mol. The molecule has 21 heteroatoms. The van der Waals surface area contributed by atoms with E-state index in [9.17, 15) is 85.6 Å². The van der Waals surface area contributed by atoms with Gasteiger partial charge in [0.25, 0.3) is 0 Å². The van der Waals surface area contributed by atoms with Gasteiger partial charge in [0.1, 0.15) is 18.8 Å². The summed E-state index contributed by atoms with van der Waals surface area (Å²) in [5, 5.41) is 137. The molecule has 0 spiro atoms. The standard InChI is InChI=1S/C58H66O21/c1-53(2)22-30-29-8-9-40-55(5)12-11-42(77-50(73)26-16-33(61)44(69)34(62)17-26)54(3,4)39(55)10-13-56(40,6)57(29,7)23-41(67)58(30,24-76-49(72)25-14-31(59)43(68)32(60)15-25)48(79-52(75)28-20-37(65)46(71)38(66)21-28)47(53)78-51(74)27-18-35(63)45(70)36(64)19-27/h8,14-21,30,39-42,47-48,59-71H,9-13,22-24H2,1-7H3/t30-,39?,40?,41-,42-,47?,48-,55-,56+,57+,58-/m0/s1. The second kappa shape index (κ2) is 18.9. The van der Waals surface area contributed by atoms with Crippen molar-refractivity contribution in [2.24, 2.45) is 50.2 Å². The summed E-state index contributed by atoms with van der Waals surface area (Å²) in [5.74, 6) is -15.7. The van der Waals surface area contributed by atoms with E-state index in [1.54, 1.807) is 13.8 Å². The van der Waals surface area contributed by atoms with Crippen molar-refractivity contribution in [2.45, 2.75) is 118 Å². The Kier molecular flexibility index (Phi) is 13.3. The first-order valence-corrected chi connectivity index (χ1v) is 25.9. The lowest BCUT2D eigenvalue weighted by atomic mass is 9.33. The summed E-state index contributed by atoms with van der Waals surface area (Å²) in [4.78, 5) is 56.8. The fourth-order valence-electron chi connectivity index (χ4n) is 15.1. The predicted octanol–water partition coefficient (Wildman–Crippen LogP) is 7.98. The van der Waals surface area contributed by atoms with Gasteiger partial charge in [0.2, 0.25) is 0 Å². The zero-order valence-corrected chi connectivity index (χ0v) is 44.5. The molecule has 79 heavy (non-hydrogen) atoms. The van der Waals surface area contributed by atoms with Crippen LogP contribution in [0.4, 0.5) is 0 Å². The van der Waals surface area contributed by atoms with Crippen LogP contribution in [0.1, 0.15) is 135 Å². The van der Waals surface area contributed by atoms with E-state index in [0.717, 1.165) is 54.1 Å². The third kappa shape index (κ3) is 8.62. The van der Waals surface area contributed by atoms with Crippen molar-refractivity contribution in [2.75, 3.05) is 6.61 Å². The average Bonchev–Trinajstić information content (AvgIpc) is 2.36. The summed E-state index contributed by atoms with van der Waals surface area (Å²) < 4.78 is 24.9. The van der Waals surface area contributed by atoms with Crippen LogP contribution in [0.2, 0.25) is 0 Å². The van der Waals surface area contributed by atoms with E-state index >= 15 is 0 Å². The third-order valence-electron chi connectivity index (χ3n) is 19.4. The highest BCUT2D eigenvalue weighted by Gasteiger charge is 2.74. The Morgan fingerprint density at radius 3 is 1.35 bits per heavy atom. The van der Waals surface area contributed by atoms with Gasteiger partial charge in [0, 0.05) is 10.8 Å². The SMILES string of the molecule is CC1(C)C[C@H]2C3=CCC4[C@@]5(C)CC[C@H](OC(=O)c6cc(O)c(O)c(O)c6)C(C)(C)C5CC[C@@]4(C)[C@]3(C)C[C@H](O)[C@@]2(COC(=O)c2cc(O)c(O)c(O)c2)[C@@H](OC(=O)c2cc(O)c(O)c(O)c2)C1OC(=O)c1cc(O)c(O)c(O)c1. The van der Waals surface area contributed by atoms with E-state index in [0.29, 0.717) is 32.1 Å². The van der Waals surface area contributed by atoms with E-state index < -0.39 is 179 Å².